The minimum Gasteiger partial charge on any atom is -0.466 e. The SMILES string of the molecule is CCOC(=O)C1C=NC(C)=C(C(=O)OC)[C@@H]1C1CCCC1. The molecule has 5 heteroatoms. The first-order chi connectivity index (χ1) is 10.1. The van der Waals surface area contributed by atoms with Crippen molar-refractivity contribution in [3.63, 3.8) is 0 Å². The molecular weight excluding hydrogens is 270 g/mol. The molecule has 1 aliphatic carbocycles. The fraction of sp³-hybridized carbons (Fsp3) is 0.688. The Labute approximate surface area is 125 Å². The summed E-state index contributed by atoms with van der Waals surface area (Å²) in [6.45, 7) is 3.91. The van der Waals surface area contributed by atoms with Crippen LogP contribution in [0.2, 0.25) is 0 Å². The van der Waals surface area contributed by atoms with Crippen LogP contribution in [-0.4, -0.2) is 31.9 Å². The van der Waals surface area contributed by atoms with Crippen molar-refractivity contribution in [3.05, 3.63) is 11.3 Å². The molecule has 0 N–H and O–H groups in total. The maximum Gasteiger partial charge on any atom is 0.335 e. The molecule has 116 valence electrons. The van der Waals surface area contributed by atoms with Gasteiger partial charge in [0.15, 0.2) is 0 Å². The Morgan fingerprint density at radius 2 is 2.00 bits per heavy atom. The molecule has 2 atom stereocenters. The summed E-state index contributed by atoms with van der Waals surface area (Å²) in [5.41, 5.74) is 1.20. The summed E-state index contributed by atoms with van der Waals surface area (Å²) >= 11 is 0. The molecule has 0 aromatic heterocycles. The number of esters is 2. The number of nitrogens with zero attached hydrogens (tertiary/aromatic N) is 1. The summed E-state index contributed by atoms with van der Waals surface area (Å²) in [7, 11) is 1.37. The highest BCUT2D eigenvalue weighted by atomic mass is 16.5. The Balaban J connectivity index is 2.36. The number of carbonyl (C=O) groups is 2. The summed E-state index contributed by atoms with van der Waals surface area (Å²) in [4.78, 5) is 28.6. The van der Waals surface area contributed by atoms with E-state index in [1.807, 2.05) is 0 Å². The van der Waals surface area contributed by atoms with Crippen molar-refractivity contribution in [2.75, 3.05) is 13.7 Å². The van der Waals surface area contributed by atoms with Crippen molar-refractivity contribution >= 4 is 18.2 Å². The minimum atomic E-state index is -0.481. The lowest BCUT2D eigenvalue weighted by Crippen LogP contribution is -2.37. The summed E-state index contributed by atoms with van der Waals surface area (Å²) < 4.78 is 10.1. The van der Waals surface area contributed by atoms with E-state index in [0.717, 1.165) is 25.7 Å². The van der Waals surface area contributed by atoms with Gasteiger partial charge in [-0.05, 0) is 32.6 Å². The number of allylic oxidation sites excluding steroid dienone is 1. The van der Waals surface area contributed by atoms with Gasteiger partial charge in [-0.15, -0.1) is 0 Å². The number of methoxy groups -OCH3 is 1. The highest BCUT2D eigenvalue weighted by Gasteiger charge is 2.43. The van der Waals surface area contributed by atoms with Gasteiger partial charge in [0.2, 0.25) is 0 Å². The quantitative estimate of drug-likeness (QED) is 0.747. The van der Waals surface area contributed by atoms with Gasteiger partial charge in [-0.25, -0.2) is 4.79 Å². The number of rotatable bonds is 4. The van der Waals surface area contributed by atoms with Crippen molar-refractivity contribution in [2.45, 2.75) is 39.5 Å². The first kappa shape index (κ1) is 15.7. The molecule has 0 amide bonds. The van der Waals surface area contributed by atoms with Gasteiger partial charge in [0.05, 0.1) is 25.2 Å². The maximum atomic E-state index is 12.2. The van der Waals surface area contributed by atoms with Crippen LogP contribution in [0.4, 0.5) is 0 Å². The van der Waals surface area contributed by atoms with Crippen molar-refractivity contribution < 1.29 is 19.1 Å². The number of ether oxygens (including phenoxy) is 2. The number of hydrogen-bond acceptors (Lipinski definition) is 5. The fourth-order valence-corrected chi connectivity index (χ4v) is 3.46. The van der Waals surface area contributed by atoms with Crippen LogP contribution < -0.4 is 0 Å². The van der Waals surface area contributed by atoms with Gasteiger partial charge in [0.25, 0.3) is 0 Å². The molecule has 0 saturated heterocycles. The van der Waals surface area contributed by atoms with E-state index in [-0.39, 0.29) is 17.9 Å². The smallest absolute Gasteiger partial charge is 0.335 e. The van der Waals surface area contributed by atoms with Crippen LogP contribution in [0.3, 0.4) is 0 Å². The molecule has 1 saturated carbocycles. The van der Waals surface area contributed by atoms with Gasteiger partial charge in [-0.3, -0.25) is 9.79 Å². The first-order valence-electron chi connectivity index (χ1n) is 7.60. The lowest BCUT2D eigenvalue weighted by molar-refractivity contribution is -0.147. The third kappa shape index (κ3) is 3.17. The molecule has 1 aliphatic heterocycles. The lowest BCUT2D eigenvalue weighted by atomic mass is 9.74. The number of aliphatic imine (C=N–C) groups is 1. The van der Waals surface area contributed by atoms with Crippen LogP contribution in [0.5, 0.6) is 0 Å². The molecule has 21 heavy (non-hydrogen) atoms. The molecule has 0 spiro atoms. The first-order valence-corrected chi connectivity index (χ1v) is 7.60. The van der Waals surface area contributed by atoms with Crippen LogP contribution in [0.15, 0.2) is 16.3 Å². The molecule has 2 aliphatic rings. The molecule has 2 rings (SSSR count). The van der Waals surface area contributed by atoms with E-state index in [2.05, 4.69) is 4.99 Å². The highest BCUT2D eigenvalue weighted by Crippen LogP contribution is 2.42. The predicted octanol–water partition coefficient (Wildman–Crippen LogP) is 2.50. The van der Waals surface area contributed by atoms with Gasteiger partial charge < -0.3 is 9.47 Å². The van der Waals surface area contributed by atoms with E-state index in [0.29, 0.717) is 23.8 Å². The van der Waals surface area contributed by atoms with Gasteiger partial charge >= 0.3 is 11.9 Å². The monoisotopic (exact) mass is 293 g/mol. The summed E-state index contributed by atoms with van der Waals surface area (Å²) in [6.07, 6.45) is 5.98. The zero-order valence-electron chi connectivity index (χ0n) is 12.9. The van der Waals surface area contributed by atoms with Crippen LogP contribution in [0, 0.1) is 17.8 Å². The third-order valence-electron chi connectivity index (χ3n) is 4.41. The Kier molecular flexibility index (Phi) is 5.15. The average Bonchev–Trinajstić information content (AvgIpc) is 3.00. The third-order valence-corrected chi connectivity index (χ3v) is 4.41. The Bertz CT molecular complexity index is 475. The Morgan fingerprint density at radius 1 is 1.33 bits per heavy atom. The van der Waals surface area contributed by atoms with Gasteiger partial charge in [-0.2, -0.15) is 0 Å². The fourth-order valence-electron chi connectivity index (χ4n) is 3.46. The number of carbonyl (C=O) groups excluding carboxylic acids is 2. The standard InChI is InChI=1S/C16H23NO4/c1-4-21-15(18)12-9-17-10(2)13(16(19)20-3)14(12)11-7-5-6-8-11/h9,11-12,14H,4-8H2,1-3H3/t12?,14-/m1/s1. The largest absolute Gasteiger partial charge is 0.466 e. The second kappa shape index (κ2) is 6.87. The summed E-state index contributed by atoms with van der Waals surface area (Å²) in [5, 5.41) is 0. The molecule has 1 unspecified atom stereocenters. The van der Waals surface area contributed by atoms with Crippen molar-refractivity contribution in [2.24, 2.45) is 22.7 Å². The predicted molar refractivity (Wildman–Crippen MR) is 78.8 cm³/mol. The molecule has 0 aromatic rings. The molecule has 1 heterocycles. The average molecular weight is 293 g/mol. The Hall–Kier alpha value is -1.65. The topological polar surface area (TPSA) is 65.0 Å². The van der Waals surface area contributed by atoms with E-state index in [1.54, 1.807) is 20.1 Å². The second-order valence-corrected chi connectivity index (χ2v) is 5.62. The van der Waals surface area contributed by atoms with Crippen molar-refractivity contribution in [1.29, 1.82) is 0 Å². The van der Waals surface area contributed by atoms with E-state index < -0.39 is 5.92 Å². The Morgan fingerprint density at radius 3 is 2.57 bits per heavy atom. The zero-order valence-corrected chi connectivity index (χ0v) is 12.9. The van der Waals surface area contributed by atoms with E-state index in [1.165, 1.54) is 7.11 Å². The second-order valence-electron chi connectivity index (χ2n) is 5.62. The van der Waals surface area contributed by atoms with Crippen LogP contribution in [0.1, 0.15) is 39.5 Å². The van der Waals surface area contributed by atoms with Crippen molar-refractivity contribution in [1.82, 2.24) is 0 Å². The lowest BCUT2D eigenvalue weighted by Gasteiger charge is -2.32. The molecule has 0 bridgehead atoms. The van der Waals surface area contributed by atoms with Crippen LogP contribution >= 0.6 is 0 Å². The van der Waals surface area contributed by atoms with Crippen molar-refractivity contribution in [3.8, 4) is 0 Å². The molecule has 1 fully saturated rings. The molecule has 5 nitrogen and oxygen atoms in total. The maximum absolute atomic E-state index is 12.2. The minimum absolute atomic E-state index is 0.170. The normalized spacial score (nSPS) is 26.0. The molecule has 0 radical (unpaired) electrons. The van der Waals surface area contributed by atoms with Crippen LogP contribution in [0.25, 0.3) is 0 Å². The van der Waals surface area contributed by atoms with E-state index >= 15 is 0 Å². The van der Waals surface area contributed by atoms with Gasteiger partial charge in [0, 0.05) is 17.8 Å². The summed E-state index contributed by atoms with van der Waals surface area (Å²) in [5.74, 6) is -1.01. The van der Waals surface area contributed by atoms with Crippen LogP contribution in [-0.2, 0) is 19.1 Å². The van der Waals surface area contributed by atoms with Gasteiger partial charge in [0.1, 0.15) is 0 Å². The van der Waals surface area contributed by atoms with Gasteiger partial charge in [-0.1, -0.05) is 12.8 Å². The zero-order chi connectivity index (χ0) is 15.4. The molecule has 0 aromatic carbocycles. The molecular formula is C16H23NO4. The summed E-state index contributed by atoms with van der Waals surface area (Å²) in [6, 6.07) is 0. The van der Waals surface area contributed by atoms with E-state index in [9.17, 15) is 9.59 Å². The number of hydrogen-bond donors (Lipinski definition) is 0. The highest BCUT2D eigenvalue weighted by molar-refractivity contribution is 5.98. The van der Waals surface area contributed by atoms with E-state index in [4.69, 9.17) is 9.47 Å².